The van der Waals surface area contributed by atoms with Gasteiger partial charge in [0.05, 0.1) is 12.0 Å². The minimum absolute atomic E-state index is 0.0292. The Morgan fingerprint density at radius 3 is 2.47 bits per heavy atom. The largest absolute Gasteiger partial charge is 0.496 e. The third-order valence-electron chi connectivity index (χ3n) is 5.29. The molecule has 1 N–H and O–H groups in total. The van der Waals surface area contributed by atoms with E-state index in [1.165, 1.54) is 16.4 Å². The number of sulfonamides is 1. The molecule has 1 aliphatic rings. The molecule has 8 heteroatoms. The Balaban J connectivity index is 1.62. The summed E-state index contributed by atoms with van der Waals surface area (Å²) < 4.78 is 45.8. The van der Waals surface area contributed by atoms with Crippen LogP contribution < -0.4 is 10.1 Å². The number of fused-ring (bicyclic) bond motifs is 1. The monoisotopic (exact) mass is 428 g/mol. The van der Waals surface area contributed by atoms with E-state index in [-0.39, 0.29) is 11.4 Å². The van der Waals surface area contributed by atoms with Crippen molar-refractivity contribution in [2.75, 3.05) is 19.0 Å². The molecule has 0 saturated carbocycles. The number of carbonyl (C=O) groups is 1. The zero-order valence-electron chi connectivity index (χ0n) is 16.3. The van der Waals surface area contributed by atoms with Gasteiger partial charge in [0.1, 0.15) is 17.6 Å². The summed E-state index contributed by atoms with van der Waals surface area (Å²) in [6.45, 7) is 0.237. The maximum atomic E-state index is 13.2. The van der Waals surface area contributed by atoms with Gasteiger partial charge < -0.3 is 10.1 Å². The fourth-order valence-corrected chi connectivity index (χ4v) is 5.46. The lowest BCUT2D eigenvalue weighted by Crippen LogP contribution is -2.43. The van der Waals surface area contributed by atoms with Crippen molar-refractivity contribution in [1.29, 1.82) is 0 Å². The van der Waals surface area contributed by atoms with Crippen LogP contribution in [0.15, 0.2) is 65.6 Å². The number of amides is 1. The standard InChI is InChI=1S/C22H21FN2O4S/c1-29-21-13-12-19(17-5-2-3-6-18(17)21)24-22(26)20-7-4-14-25(20)30(27,28)16-10-8-15(23)9-11-16/h2-3,5-6,8-13,20H,4,7,14H2,1H3,(H,24,26). The van der Waals surface area contributed by atoms with Crippen molar-refractivity contribution in [3.05, 3.63) is 66.5 Å². The average Bonchev–Trinajstić information content (AvgIpc) is 3.25. The van der Waals surface area contributed by atoms with Gasteiger partial charge in [-0.15, -0.1) is 0 Å². The number of carbonyl (C=O) groups excluding carboxylic acids is 1. The highest BCUT2D eigenvalue weighted by Gasteiger charge is 2.39. The second kappa shape index (κ2) is 8.04. The smallest absolute Gasteiger partial charge is 0.243 e. The number of nitrogens with one attached hydrogen (secondary N) is 1. The molecule has 1 unspecified atom stereocenters. The van der Waals surface area contributed by atoms with Crippen LogP contribution in [0.25, 0.3) is 10.8 Å². The van der Waals surface area contributed by atoms with E-state index in [0.29, 0.717) is 24.3 Å². The maximum Gasteiger partial charge on any atom is 0.243 e. The third-order valence-corrected chi connectivity index (χ3v) is 7.21. The highest BCUT2D eigenvalue weighted by atomic mass is 32.2. The summed E-state index contributed by atoms with van der Waals surface area (Å²) in [5, 5.41) is 4.53. The van der Waals surface area contributed by atoms with E-state index in [4.69, 9.17) is 4.74 Å². The van der Waals surface area contributed by atoms with Crippen molar-refractivity contribution < 1.29 is 22.3 Å². The van der Waals surface area contributed by atoms with Crippen molar-refractivity contribution in [1.82, 2.24) is 4.31 Å². The van der Waals surface area contributed by atoms with Crippen molar-refractivity contribution in [2.24, 2.45) is 0 Å². The van der Waals surface area contributed by atoms with E-state index in [0.717, 1.165) is 22.9 Å². The van der Waals surface area contributed by atoms with Crippen LogP contribution in [0.2, 0.25) is 0 Å². The average molecular weight is 428 g/mol. The van der Waals surface area contributed by atoms with Crippen LogP contribution in [0.4, 0.5) is 10.1 Å². The first kappa shape index (κ1) is 20.3. The molecule has 1 atom stereocenters. The topological polar surface area (TPSA) is 75.7 Å². The molecule has 4 rings (SSSR count). The summed E-state index contributed by atoms with van der Waals surface area (Å²) in [7, 11) is -2.33. The van der Waals surface area contributed by atoms with E-state index in [1.54, 1.807) is 19.2 Å². The molecule has 1 heterocycles. The first-order valence-corrected chi connectivity index (χ1v) is 11.0. The van der Waals surface area contributed by atoms with Crippen LogP contribution in [0.3, 0.4) is 0 Å². The van der Waals surface area contributed by atoms with E-state index in [2.05, 4.69) is 5.32 Å². The Morgan fingerprint density at radius 2 is 1.77 bits per heavy atom. The maximum absolute atomic E-state index is 13.2. The summed E-state index contributed by atoms with van der Waals surface area (Å²) in [4.78, 5) is 13.0. The summed E-state index contributed by atoms with van der Waals surface area (Å²) in [5.74, 6) is -0.227. The molecule has 0 spiro atoms. The van der Waals surface area contributed by atoms with Gasteiger partial charge in [0.15, 0.2) is 0 Å². The number of anilines is 1. The highest BCUT2D eigenvalue weighted by molar-refractivity contribution is 7.89. The number of hydrogen-bond acceptors (Lipinski definition) is 4. The van der Waals surface area contributed by atoms with E-state index < -0.39 is 27.8 Å². The molecule has 156 valence electrons. The second-order valence-electron chi connectivity index (χ2n) is 7.08. The van der Waals surface area contributed by atoms with E-state index in [1.807, 2.05) is 24.3 Å². The lowest BCUT2D eigenvalue weighted by Gasteiger charge is -2.24. The Hall–Kier alpha value is -2.97. The molecule has 1 saturated heterocycles. The van der Waals surface area contributed by atoms with Crippen LogP contribution >= 0.6 is 0 Å². The van der Waals surface area contributed by atoms with Crippen LogP contribution in [-0.2, 0) is 14.8 Å². The first-order chi connectivity index (χ1) is 14.4. The molecule has 1 fully saturated rings. The van der Waals surface area contributed by atoms with Crippen LogP contribution in [0.1, 0.15) is 12.8 Å². The highest BCUT2D eigenvalue weighted by Crippen LogP contribution is 2.33. The number of rotatable bonds is 5. The zero-order chi connectivity index (χ0) is 21.3. The zero-order valence-corrected chi connectivity index (χ0v) is 17.2. The molecule has 0 bridgehead atoms. The normalized spacial score (nSPS) is 17.2. The van der Waals surface area contributed by atoms with Crippen LogP contribution in [0, 0.1) is 5.82 Å². The van der Waals surface area contributed by atoms with Gasteiger partial charge >= 0.3 is 0 Å². The Morgan fingerprint density at radius 1 is 1.07 bits per heavy atom. The van der Waals surface area contributed by atoms with Gasteiger partial charge in [0, 0.05) is 23.0 Å². The van der Waals surface area contributed by atoms with Crippen molar-refractivity contribution >= 4 is 32.4 Å². The van der Waals surface area contributed by atoms with Crippen molar-refractivity contribution in [2.45, 2.75) is 23.8 Å². The van der Waals surface area contributed by atoms with Gasteiger partial charge in [-0.2, -0.15) is 4.31 Å². The molecule has 6 nitrogen and oxygen atoms in total. The minimum Gasteiger partial charge on any atom is -0.496 e. The first-order valence-electron chi connectivity index (χ1n) is 9.56. The molecular formula is C22H21FN2O4S. The summed E-state index contributed by atoms with van der Waals surface area (Å²) in [6.07, 6.45) is 0.988. The number of ether oxygens (including phenoxy) is 1. The van der Waals surface area contributed by atoms with Gasteiger partial charge in [-0.05, 0) is 49.2 Å². The summed E-state index contributed by atoms with van der Waals surface area (Å²) in [6, 6.07) is 14.8. The summed E-state index contributed by atoms with van der Waals surface area (Å²) in [5.41, 5.74) is 0.586. The molecule has 0 aromatic heterocycles. The van der Waals surface area contributed by atoms with Gasteiger partial charge in [-0.1, -0.05) is 24.3 Å². The number of benzene rings is 3. The molecule has 0 aliphatic carbocycles. The number of hydrogen-bond donors (Lipinski definition) is 1. The van der Waals surface area contributed by atoms with Gasteiger partial charge in [-0.25, -0.2) is 12.8 Å². The molecule has 3 aromatic carbocycles. The van der Waals surface area contributed by atoms with Crippen LogP contribution in [0.5, 0.6) is 5.75 Å². The van der Waals surface area contributed by atoms with E-state index in [9.17, 15) is 17.6 Å². The molecule has 30 heavy (non-hydrogen) atoms. The Bertz CT molecular complexity index is 1200. The SMILES string of the molecule is COc1ccc(NC(=O)C2CCCN2S(=O)(=O)c2ccc(F)cc2)c2ccccc12. The lowest BCUT2D eigenvalue weighted by molar-refractivity contribution is -0.119. The predicted molar refractivity (Wildman–Crippen MR) is 112 cm³/mol. The number of nitrogens with zero attached hydrogens (tertiary/aromatic N) is 1. The lowest BCUT2D eigenvalue weighted by atomic mass is 10.1. The van der Waals surface area contributed by atoms with Gasteiger partial charge in [0.2, 0.25) is 15.9 Å². The number of methoxy groups -OCH3 is 1. The molecule has 1 amide bonds. The molecular weight excluding hydrogens is 407 g/mol. The Labute approximate surface area is 174 Å². The fraction of sp³-hybridized carbons (Fsp3) is 0.227. The second-order valence-corrected chi connectivity index (χ2v) is 8.97. The molecule has 0 radical (unpaired) electrons. The third kappa shape index (κ3) is 3.64. The Kier molecular flexibility index (Phi) is 5.44. The van der Waals surface area contributed by atoms with Crippen LogP contribution in [-0.4, -0.2) is 38.3 Å². The summed E-state index contributed by atoms with van der Waals surface area (Å²) >= 11 is 0. The number of halogens is 1. The minimum atomic E-state index is -3.91. The van der Waals surface area contributed by atoms with Gasteiger partial charge in [-0.3, -0.25) is 4.79 Å². The van der Waals surface area contributed by atoms with E-state index >= 15 is 0 Å². The van der Waals surface area contributed by atoms with Gasteiger partial charge in [0.25, 0.3) is 0 Å². The van der Waals surface area contributed by atoms with Crippen molar-refractivity contribution in [3.8, 4) is 5.75 Å². The van der Waals surface area contributed by atoms with Crippen molar-refractivity contribution in [3.63, 3.8) is 0 Å². The predicted octanol–water partition coefficient (Wildman–Crippen LogP) is 3.78. The molecule has 1 aliphatic heterocycles. The quantitative estimate of drug-likeness (QED) is 0.671. The fourth-order valence-electron chi connectivity index (χ4n) is 3.81. The molecule has 3 aromatic rings.